The molecule has 4 aromatic rings. The number of nitrogens with zero attached hydrogens (tertiary/aromatic N) is 4. The van der Waals surface area contributed by atoms with Crippen LogP contribution < -0.4 is 10.9 Å². The van der Waals surface area contributed by atoms with Gasteiger partial charge in [0.2, 0.25) is 5.91 Å². The number of fused-ring (bicyclic) bond motifs is 2. The minimum Gasteiger partial charge on any atom is -0.325 e. The van der Waals surface area contributed by atoms with Crippen molar-refractivity contribution in [3.05, 3.63) is 58.9 Å². The fraction of sp³-hybridized carbons (Fsp3) is 0.167. The average Bonchev–Trinajstić information content (AvgIpc) is 3.02. The Morgan fingerprint density at radius 1 is 1.23 bits per heavy atom. The molecule has 130 valence electrons. The minimum absolute atomic E-state index is 0.152. The number of carbonyl (C=O) groups is 1. The molecule has 0 atom stereocenters. The van der Waals surface area contributed by atoms with Gasteiger partial charge in [0.15, 0.2) is 5.65 Å². The zero-order valence-electron chi connectivity index (χ0n) is 14.1. The summed E-state index contributed by atoms with van der Waals surface area (Å²) in [5, 5.41) is 11.1. The third-order valence-corrected chi connectivity index (χ3v) is 4.20. The number of aromatic amines is 1. The lowest BCUT2D eigenvalue weighted by Gasteiger charge is -2.07. The van der Waals surface area contributed by atoms with E-state index >= 15 is 0 Å². The molecular weight excluding hydrogens is 332 g/mol. The molecular formula is C18H16N6O2. The number of aryl methyl sites for hydroxylation is 2. The van der Waals surface area contributed by atoms with Crippen molar-refractivity contribution in [2.24, 2.45) is 0 Å². The number of hydrogen-bond donors (Lipinski definition) is 2. The average molecular weight is 348 g/mol. The van der Waals surface area contributed by atoms with Crippen molar-refractivity contribution in [1.82, 2.24) is 24.7 Å². The predicted molar refractivity (Wildman–Crippen MR) is 97.9 cm³/mol. The molecule has 3 aromatic heterocycles. The number of rotatable bonds is 4. The smallest absolute Gasteiger partial charge is 0.261 e. The summed E-state index contributed by atoms with van der Waals surface area (Å²) in [5.41, 5.74) is 2.58. The first-order chi connectivity index (χ1) is 12.6. The third kappa shape index (κ3) is 2.92. The molecule has 0 saturated carbocycles. The fourth-order valence-electron chi connectivity index (χ4n) is 2.80. The zero-order chi connectivity index (χ0) is 18.1. The van der Waals surface area contributed by atoms with E-state index in [1.807, 2.05) is 19.1 Å². The lowest BCUT2D eigenvalue weighted by molar-refractivity contribution is -0.116. The molecule has 0 aliphatic heterocycles. The van der Waals surface area contributed by atoms with Gasteiger partial charge >= 0.3 is 0 Å². The molecule has 2 N–H and O–H groups in total. The molecule has 3 heterocycles. The Morgan fingerprint density at radius 2 is 2.08 bits per heavy atom. The van der Waals surface area contributed by atoms with Crippen LogP contribution in [0.5, 0.6) is 0 Å². The van der Waals surface area contributed by atoms with Crippen LogP contribution in [-0.2, 0) is 11.3 Å². The van der Waals surface area contributed by atoms with E-state index in [0.29, 0.717) is 22.2 Å². The lowest BCUT2D eigenvalue weighted by Crippen LogP contribution is -2.23. The molecule has 4 rings (SSSR count). The van der Waals surface area contributed by atoms with Crippen LogP contribution in [-0.4, -0.2) is 30.6 Å². The molecule has 8 heteroatoms. The van der Waals surface area contributed by atoms with E-state index in [1.54, 1.807) is 24.4 Å². The Balaban J connectivity index is 1.47. The van der Waals surface area contributed by atoms with E-state index in [1.165, 1.54) is 10.9 Å². The molecule has 0 bridgehead atoms. The Bertz CT molecular complexity index is 1180. The molecule has 0 saturated heterocycles. The van der Waals surface area contributed by atoms with Gasteiger partial charge in [-0.05, 0) is 25.1 Å². The molecule has 1 amide bonds. The molecule has 0 radical (unpaired) electrons. The predicted octanol–water partition coefficient (Wildman–Crippen LogP) is 2.01. The van der Waals surface area contributed by atoms with Crippen LogP contribution in [0.1, 0.15) is 12.1 Å². The van der Waals surface area contributed by atoms with Gasteiger partial charge in [0.25, 0.3) is 5.56 Å². The lowest BCUT2D eigenvalue weighted by atomic mass is 10.2. The number of hydrogen-bond acceptors (Lipinski definition) is 5. The highest BCUT2D eigenvalue weighted by atomic mass is 16.2. The summed E-state index contributed by atoms with van der Waals surface area (Å²) in [6.07, 6.45) is 3.19. The fourth-order valence-corrected chi connectivity index (χ4v) is 2.80. The Kier molecular flexibility index (Phi) is 3.92. The minimum atomic E-state index is -0.202. The van der Waals surface area contributed by atoms with Crippen LogP contribution in [0.4, 0.5) is 5.69 Å². The summed E-state index contributed by atoms with van der Waals surface area (Å²) in [6, 6.07) is 8.97. The highest BCUT2D eigenvalue weighted by molar-refractivity contribution is 5.93. The van der Waals surface area contributed by atoms with Crippen LogP contribution in [0.25, 0.3) is 21.9 Å². The van der Waals surface area contributed by atoms with E-state index in [0.717, 1.165) is 11.1 Å². The second-order valence-electron chi connectivity index (χ2n) is 6.00. The number of nitrogens with one attached hydrogen (secondary N) is 2. The molecule has 8 nitrogen and oxygen atoms in total. The monoisotopic (exact) mass is 348 g/mol. The number of H-pyrrole nitrogens is 1. The van der Waals surface area contributed by atoms with Crippen LogP contribution >= 0.6 is 0 Å². The topological polar surface area (TPSA) is 106 Å². The third-order valence-electron chi connectivity index (χ3n) is 4.20. The first kappa shape index (κ1) is 15.9. The number of anilines is 1. The number of benzene rings is 1. The maximum absolute atomic E-state index is 12.4. The van der Waals surface area contributed by atoms with E-state index in [2.05, 4.69) is 25.5 Å². The first-order valence-electron chi connectivity index (χ1n) is 8.16. The van der Waals surface area contributed by atoms with Crippen LogP contribution in [0.2, 0.25) is 0 Å². The van der Waals surface area contributed by atoms with Gasteiger partial charge in [-0.2, -0.15) is 5.10 Å². The molecule has 0 spiro atoms. The number of para-hydroxylation sites is 1. The molecule has 0 aliphatic carbocycles. The number of carbonyl (C=O) groups excluding carboxylic acids is 1. The Hall–Kier alpha value is -3.55. The molecule has 0 aliphatic rings. The van der Waals surface area contributed by atoms with Crippen molar-refractivity contribution in [2.75, 3.05) is 5.32 Å². The van der Waals surface area contributed by atoms with Crippen LogP contribution in [0.15, 0.2) is 47.7 Å². The second kappa shape index (κ2) is 6.40. The van der Waals surface area contributed by atoms with Gasteiger partial charge in [0, 0.05) is 24.0 Å². The summed E-state index contributed by atoms with van der Waals surface area (Å²) in [6.45, 7) is 2.14. The Labute approximate surface area is 147 Å². The molecule has 0 unspecified atom stereocenters. The molecule has 0 fully saturated rings. The number of pyridine rings is 1. The Morgan fingerprint density at radius 3 is 2.96 bits per heavy atom. The van der Waals surface area contributed by atoms with E-state index < -0.39 is 0 Å². The summed E-state index contributed by atoms with van der Waals surface area (Å²) < 4.78 is 1.45. The highest BCUT2D eigenvalue weighted by Gasteiger charge is 2.09. The SMILES string of the molecule is Cc1[nH]nc2ncc(NC(=O)CCn3cnc4ccccc4c3=O)cc12. The van der Waals surface area contributed by atoms with Crippen molar-refractivity contribution in [3.63, 3.8) is 0 Å². The summed E-state index contributed by atoms with van der Waals surface area (Å²) in [7, 11) is 0. The van der Waals surface area contributed by atoms with Gasteiger partial charge < -0.3 is 5.32 Å². The number of amides is 1. The van der Waals surface area contributed by atoms with Gasteiger partial charge in [0.1, 0.15) is 0 Å². The standard InChI is InChI=1S/C18H16N6O2/c1-11-14-8-12(9-19-17(14)23-22-11)21-16(25)6-7-24-10-20-15-5-3-2-4-13(15)18(24)26/h2-5,8-10H,6-7H2,1H3,(H,21,25)(H,19,22,23). The van der Waals surface area contributed by atoms with Gasteiger partial charge in [-0.15, -0.1) is 0 Å². The molecule has 1 aromatic carbocycles. The van der Waals surface area contributed by atoms with Crippen molar-refractivity contribution in [2.45, 2.75) is 19.9 Å². The second-order valence-corrected chi connectivity index (χ2v) is 6.00. The van der Waals surface area contributed by atoms with Gasteiger partial charge in [-0.25, -0.2) is 9.97 Å². The zero-order valence-corrected chi connectivity index (χ0v) is 14.1. The maximum Gasteiger partial charge on any atom is 0.261 e. The molecule has 26 heavy (non-hydrogen) atoms. The van der Waals surface area contributed by atoms with Crippen LogP contribution in [0, 0.1) is 6.92 Å². The number of aromatic nitrogens is 5. The van der Waals surface area contributed by atoms with Gasteiger partial charge in [-0.3, -0.25) is 19.3 Å². The van der Waals surface area contributed by atoms with Crippen molar-refractivity contribution >= 4 is 33.5 Å². The highest BCUT2D eigenvalue weighted by Crippen LogP contribution is 2.17. The summed E-state index contributed by atoms with van der Waals surface area (Å²) >= 11 is 0. The normalized spacial score (nSPS) is 11.1. The van der Waals surface area contributed by atoms with Crippen molar-refractivity contribution in [1.29, 1.82) is 0 Å². The van der Waals surface area contributed by atoms with E-state index in [9.17, 15) is 9.59 Å². The summed E-state index contributed by atoms with van der Waals surface area (Å²) in [5.74, 6) is -0.202. The van der Waals surface area contributed by atoms with Gasteiger partial charge in [-0.1, -0.05) is 12.1 Å². The van der Waals surface area contributed by atoms with E-state index in [4.69, 9.17) is 0 Å². The van der Waals surface area contributed by atoms with E-state index in [-0.39, 0.29) is 24.4 Å². The quantitative estimate of drug-likeness (QED) is 0.587. The van der Waals surface area contributed by atoms with Gasteiger partial charge in [0.05, 0.1) is 29.1 Å². The first-order valence-corrected chi connectivity index (χ1v) is 8.16. The van der Waals surface area contributed by atoms with Crippen molar-refractivity contribution in [3.8, 4) is 0 Å². The van der Waals surface area contributed by atoms with Crippen molar-refractivity contribution < 1.29 is 4.79 Å². The maximum atomic E-state index is 12.4. The largest absolute Gasteiger partial charge is 0.325 e. The van der Waals surface area contributed by atoms with Crippen LogP contribution in [0.3, 0.4) is 0 Å². The summed E-state index contributed by atoms with van der Waals surface area (Å²) in [4.78, 5) is 33.1.